The fourth-order valence-corrected chi connectivity index (χ4v) is 12.6. The van der Waals surface area contributed by atoms with E-state index in [1.165, 1.54) is 0 Å². The van der Waals surface area contributed by atoms with Crippen molar-refractivity contribution in [2.45, 2.75) is 161 Å². The van der Waals surface area contributed by atoms with Crippen molar-refractivity contribution in [3.8, 4) is 0 Å². The number of hydrogen-bond donors (Lipinski definition) is 6. The average molecular weight is 637 g/mol. The molecular formula is C36H60O9. The van der Waals surface area contributed by atoms with Gasteiger partial charge in [0.1, 0.15) is 24.4 Å². The summed E-state index contributed by atoms with van der Waals surface area (Å²) < 4.78 is 19.9. The van der Waals surface area contributed by atoms with Gasteiger partial charge in [-0.25, -0.2) is 0 Å². The maximum absolute atomic E-state index is 12.0. The first-order valence-electron chi connectivity index (χ1n) is 17.5. The van der Waals surface area contributed by atoms with Gasteiger partial charge >= 0.3 is 0 Å². The molecule has 45 heavy (non-hydrogen) atoms. The second-order valence-electron chi connectivity index (χ2n) is 17.7. The first-order chi connectivity index (χ1) is 20.8. The molecule has 6 N–H and O–H groups in total. The van der Waals surface area contributed by atoms with E-state index >= 15 is 0 Å². The minimum absolute atomic E-state index is 0.0108. The van der Waals surface area contributed by atoms with Gasteiger partial charge in [0.25, 0.3) is 0 Å². The Morgan fingerprint density at radius 3 is 2.18 bits per heavy atom. The van der Waals surface area contributed by atoms with Crippen LogP contribution in [-0.4, -0.2) is 98.0 Å². The van der Waals surface area contributed by atoms with Crippen molar-refractivity contribution in [2.24, 2.45) is 45.3 Å². The van der Waals surface area contributed by atoms with Crippen LogP contribution in [0.1, 0.15) is 100 Å². The number of fused-ring (bicyclic) bond motifs is 4. The van der Waals surface area contributed by atoms with Crippen LogP contribution in [0.2, 0.25) is 0 Å². The molecule has 2 aliphatic heterocycles. The molecule has 6 aliphatic rings. The summed E-state index contributed by atoms with van der Waals surface area (Å²) in [5.41, 5.74) is -0.547. The molecule has 6 rings (SSSR count). The number of aliphatic hydroxyl groups excluding tert-OH is 6. The van der Waals surface area contributed by atoms with Crippen LogP contribution >= 0.6 is 0 Å². The summed E-state index contributed by atoms with van der Waals surface area (Å²) in [7, 11) is 0. The summed E-state index contributed by atoms with van der Waals surface area (Å²) in [6.45, 7) is 17.2. The van der Waals surface area contributed by atoms with Gasteiger partial charge in [0.15, 0.2) is 6.29 Å². The van der Waals surface area contributed by atoms with Crippen LogP contribution in [0.15, 0.2) is 11.6 Å². The zero-order valence-electron chi connectivity index (χ0n) is 28.6. The maximum atomic E-state index is 12.0. The van der Waals surface area contributed by atoms with Crippen LogP contribution in [0.4, 0.5) is 0 Å². The second kappa shape index (κ2) is 11.2. The van der Waals surface area contributed by atoms with Gasteiger partial charge in [-0.05, 0) is 105 Å². The minimum Gasteiger partial charge on any atom is -0.394 e. The number of rotatable bonds is 4. The van der Waals surface area contributed by atoms with Crippen LogP contribution < -0.4 is 0 Å². The topological polar surface area (TPSA) is 149 Å². The Balaban J connectivity index is 1.41. The first-order valence-corrected chi connectivity index (χ1v) is 17.5. The molecule has 6 fully saturated rings. The molecule has 0 spiro atoms. The van der Waals surface area contributed by atoms with Gasteiger partial charge in [-0.2, -0.15) is 0 Å². The molecule has 0 radical (unpaired) electrons. The Labute approximate surface area is 269 Å². The van der Waals surface area contributed by atoms with E-state index in [2.05, 4.69) is 61.5 Å². The highest BCUT2D eigenvalue weighted by Crippen LogP contribution is 2.76. The lowest BCUT2D eigenvalue weighted by Gasteiger charge is -2.71. The summed E-state index contributed by atoms with van der Waals surface area (Å²) in [5, 5.41) is 65.0. The van der Waals surface area contributed by atoms with E-state index in [4.69, 9.17) is 14.2 Å². The van der Waals surface area contributed by atoms with Gasteiger partial charge in [0.05, 0.1) is 36.6 Å². The molecule has 1 unspecified atom stereocenters. The van der Waals surface area contributed by atoms with E-state index in [-0.39, 0.29) is 46.2 Å². The van der Waals surface area contributed by atoms with E-state index in [0.29, 0.717) is 18.8 Å². The highest BCUT2D eigenvalue weighted by atomic mass is 16.7. The quantitative estimate of drug-likeness (QED) is 0.256. The predicted molar refractivity (Wildman–Crippen MR) is 168 cm³/mol. The van der Waals surface area contributed by atoms with E-state index in [0.717, 1.165) is 37.7 Å². The van der Waals surface area contributed by atoms with Crippen LogP contribution in [0.25, 0.3) is 0 Å². The maximum Gasteiger partial charge on any atom is 0.187 e. The van der Waals surface area contributed by atoms with Crippen molar-refractivity contribution >= 4 is 0 Å². The standard InChI is InChI=1S/C36H60O9/c1-18(2)13-19-15-36(8,45-31-29(42)28(41)27(40)23(17-37)44-31)20-9-12-34(6)26(20)22(43-19)14-24-33(5)11-10-25(39)32(3,4)30(33)21(38)16-35(24,34)7/h13,19-31,37-42H,9-12,14-17H2,1-8H3/t19?,20-,21-,22+,23+,24+,25-,26-,27+,28-,29+,30-,31-,33+,34+,35+,36-/m0/s1. The van der Waals surface area contributed by atoms with E-state index in [1.54, 1.807) is 0 Å². The van der Waals surface area contributed by atoms with Crippen LogP contribution in [0.3, 0.4) is 0 Å². The molecule has 4 saturated carbocycles. The molecule has 9 heteroatoms. The fraction of sp³-hybridized carbons (Fsp3) is 0.944. The molecule has 17 atom stereocenters. The van der Waals surface area contributed by atoms with E-state index in [9.17, 15) is 30.6 Å². The molecule has 0 aromatic carbocycles. The fourth-order valence-electron chi connectivity index (χ4n) is 12.6. The zero-order chi connectivity index (χ0) is 33.1. The molecule has 2 heterocycles. The third-order valence-electron chi connectivity index (χ3n) is 14.7. The van der Waals surface area contributed by atoms with E-state index in [1.807, 2.05) is 0 Å². The molecule has 0 bridgehead atoms. The van der Waals surface area contributed by atoms with Crippen LogP contribution in [0.5, 0.6) is 0 Å². The van der Waals surface area contributed by atoms with Gasteiger partial charge in [0.2, 0.25) is 0 Å². The smallest absolute Gasteiger partial charge is 0.187 e. The van der Waals surface area contributed by atoms with Gasteiger partial charge < -0.3 is 44.8 Å². The Morgan fingerprint density at radius 1 is 0.844 bits per heavy atom. The van der Waals surface area contributed by atoms with Crippen molar-refractivity contribution in [1.29, 1.82) is 0 Å². The van der Waals surface area contributed by atoms with Crippen LogP contribution in [-0.2, 0) is 14.2 Å². The summed E-state index contributed by atoms with van der Waals surface area (Å²) in [6.07, 6.45) is -0.212. The largest absolute Gasteiger partial charge is 0.394 e. The SMILES string of the molecule is CC(C)=CC1C[C@](C)(O[C@@H]2O[C@H](CO)[C@@H](O)[C@H](O)[C@H]2O)[C@H]2CC[C@]3(C)[C@@H]2[C@@H](C[C@@H]2[C@@]4(C)CC[C@H](O)C(C)(C)[C@@H]4[C@@H](O)C[C@]23C)O1. The Kier molecular flexibility index (Phi) is 8.53. The molecule has 0 amide bonds. The monoisotopic (exact) mass is 636 g/mol. The normalized spacial score (nSPS) is 57.2. The van der Waals surface area contributed by atoms with Gasteiger partial charge in [-0.3, -0.25) is 0 Å². The Bertz CT molecular complexity index is 1150. The van der Waals surface area contributed by atoms with Gasteiger partial charge in [-0.15, -0.1) is 0 Å². The highest BCUT2D eigenvalue weighted by molar-refractivity contribution is 5.23. The summed E-state index contributed by atoms with van der Waals surface area (Å²) >= 11 is 0. The molecule has 258 valence electrons. The molecule has 9 nitrogen and oxygen atoms in total. The molecule has 2 saturated heterocycles. The zero-order valence-corrected chi connectivity index (χ0v) is 28.6. The molecule has 0 aromatic heterocycles. The van der Waals surface area contributed by atoms with Gasteiger partial charge in [-0.1, -0.05) is 46.3 Å². The molecule has 0 aromatic rings. The summed E-state index contributed by atoms with van der Waals surface area (Å²) in [5.74, 6) is 0.473. The third kappa shape index (κ3) is 4.88. The lowest BCUT2D eigenvalue weighted by atomic mass is 9.34. The lowest BCUT2D eigenvalue weighted by molar-refractivity contribution is -0.334. The highest BCUT2D eigenvalue weighted by Gasteiger charge is 2.74. The van der Waals surface area contributed by atoms with Crippen molar-refractivity contribution in [1.82, 2.24) is 0 Å². The number of allylic oxidation sites excluding steroid dienone is 1. The third-order valence-corrected chi connectivity index (χ3v) is 14.7. The number of aliphatic hydroxyl groups is 6. The number of hydrogen-bond acceptors (Lipinski definition) is 9. The summed E-state index contributed by atoms with van der Waals surface area (Å²) in [4.78, 5) is 0. The minimum atomic E-state index is -1.51. The summed E-state index contributed by atoms with van der Waals surface area (Å²) in [6, 6.07) is 0. The lowest BCUT2D eigenvalue weighted by Crippen LogP contribution is -2.69. The van der Waals surface area contributed by atoms with Crippen molar-refractivity contribution in [3.05, 3.63) is 11.6 Å². The molecular weight excluding hydrogens is 576 g/mol. The molecule has 4 aliphatic carbocycles. The first kappa shape index (κ1) is 34.3. The Morgan fingerprint density at radius 2 is 1.53 bits per heavy atom. The number of ether oxygens (including phenoxy) is 3. The Hall–Kier alpha value is -0.620. The van der Waals surface area contributed by atoms with Crippen molar-refractivity contribution < 1.29 is 44.8 Å². The van der Waals surface area contributed by atoms with Crippen LogP contribution in [0, 0.1) is 45.3 Å². The average Bonchev–Trinajstić information content (AvgIpc) is 3.27. The van der Waals surface area contributed by atoms with Crippen molar-refractivity contribution in [3.63, 3.8) is 0 Å². The van der Waals surface area contributed by atoms with Gasteiger partial charge in [0, 0.05) is 6.42 Å². The second-order valence-corrected chi connectivity index (χ2v) is 17.7. The van der Waals surface area contributed by atoms with Crippen molar-refractivity contribution in [2.75, 3.05) is 6.61 Å². The van der Waals surface area contributed by atoms with E-state index < -0.39 is 60.5 Å². The predicted octanol–water partition coefficient (Wildman–Crippen LogP) is 3.31.